The first kappa shape index (κ1) is 9.88. The molecule has 0 atom stereocenters. The Bertz CT molecular complexity index is 51.6. The van der Waals surface area contributed by atoms with Crippen molar-refractivity contribution < 1.29 is 9.47 Å². The molecule has 3 heteroatoms. The molecule has 0 aromatic rings. The summed E-state index contributed by atoms with van der Waals surface area (Å²) in [5, 5.41) is 0. The highest BCUT2D eigenvalue weighted by atomic mass is 16.7. The Morgan fingerprint density at radius 1 is 1.20 bits per heavy atom. The molecule has 0 radical (unpaired) electrons. The van der Waals surface area contributed by atoms with Gasteiger partial charge in [0.25, 0.3) is 0 Å². The quantitative estimate of drug-likeness (QED) is 0.426. The molecule has 0 spiro atoms. The first-order valence-electron chi connectivity index (χ1n) is 3.77. The van der Waals surface area contributed by atoms with Crippen molar-refractivity contribution in [2.24, 2.45) is 5.73 Å². The third-order valence-electron chi connectivity index (χ3n) is 1.01. The first-order chi connectivity index (χ1) is 4.91. The third-order valence-corrected chi connectivity index (χ3v) is 1.01. The van der Waals surface area contributed by atoms with Gasteiger partial charge < -0.3 is 15.2 Å². The zero-order valence-electron chi connectivity index (χ0n) is 6.64. The monoisotopic (exact) mass is 147 g/mol. The van der Waals surface area contributed by atoms with Crippen molar-refractivity contribution in [3.05, 3.63) is 0 Å². The van der Waals surface area contributed by atoms with Gasteiger partial charge in [-0.05, 0) is 19.4 Å². The van der Waals surface area contributed by atoms with Crippen LogP contribution in [0.1, 0.15) is 19.8 Å². The molecule has 0 aliphatic heterocycles. The molecule has 0 saturated heterocycles. The highest BCUT2D eigenvalue weighted by molar-refractivity contribution is 4.32. The molecule has 0 bridgehead atoms. The van der Waals surface area contributed by atoms with Crippen LogP contribution in [0.15, 0.2) is 0 Å². The molecule has 0 unspecified atom stereocenters. The Morgan fingerprint density at radius 3 is 2.50 bits per heavy atom. The van der Waals surface area contributed by atoms with Crippen molar-refractivity contribution in [3.63, 3.8) is 0 Å². The van der Waals surface area contributed by atoms with Gasteiger partial charge in [-0.3, -0.25) is 0 Å². The van der Waals surface area contributed by atoms with Crippen molar-refractivity contribution in [3.8, 4) is 0 Å². The smallest absolute Gasteiger partial charge is 0.146 e. The lowest BCUT2D eigenvalue weighted by Gasteiger charge is -2.02. The summed E-state index contributed by atoms with van der Waals surface area (Å²) in [5.41, 5.74) is 5.25. The predicted octanol–water partition coefficient (Wildman–Crippen LogP) is 0.736. The fraction of sp³-hybridized carbons (Fsp3) is 1.00. The first-order valence-corrected chi connectivity index (χ1v) is 3.77. The van der Waals surface area contributed by atoms with E-state index in [-0.39, 0.29) is 0 Å². The van der Waals surface area contributed by atoms with E-state index in [0.717, 1.165) is 19.4 Å². The molecule has 0 aliphatic carbocycles. The zero-order chi connectivity index (χ0) is 7.66. The minimum Gasteiger partial charge on any atom is -0.355 e. The summed E-state index contributed by atoms with van der Waals surface area (Å²) >= 11 is 0. The standard InChI is InChI=1S/C7H17NO2/c1-2-5-9-7-10-6-3-4-8/h2-8H2,1H3. The Morgan fingerprint density at radius 2 is 1.90 bits per heavy atom. The van der Waals surface area contributed by atoms with E-state index in [0.29, 0.717) is 19.9 Å². The third kappa shape index (κ3) is 7.88. The number of hydrogen-bond donors (Lipinski definition) is 1. The molecule has 3 nitrogen and oxygen atoms in total. The minimum atomic E-state index is 0.411. The topological polar surface area (TPSA) is 44.5 Å². The van der Waals surface area contributed by atoms with E-state index >= 15 is 0 Å². The van der Waals surface area contributed by atoms with Crippen LogP contribution in [0.3, 0.4) is 0 Å². The molecular weight excluding hydrogens is 130 g/mol. The average molecular weight is 147 g/mol. The second-order valence-corrected chi connectivity index (χ2v) is 2.08. The van der Waals surface area contributed by atoms with Gasteiger partial charge in [0.15, 0.2) is 0 Å². The van der Waals surface area contributed by atoms with Gasteiger partial charge in [-0.1, -0.05) is 6.92 Å². The summed E-state index contributed by atoms with van der Waals surface area (Å²) in [7, 11) is 0. The summed E-state index contributed by atoms with van der Waals surface area (Å²) in [5.74, 6) is 0. The highest BCUT2D eigenvalue weighted by Gasteiger charge is 1.85. The number of rotatable bonds is 7. The van der Waals surface area contributed by atoms with Gasteiger partial charge in [0.1, 0.15) is 6.79 Å². The summed E-state index contributed by atoms with van der Waals surface area (Å²) in [6.45, 7) is 4.66. The van der Waals surface area contributed by atoms with Gasteiger partial charge in [0, 0.05) is 6.61 Å². The minimum absolute atomic E-state index is 0.411. The van der Waals surface area contributed by atoms with Crippen molar-refractivity contribution in [2.45, 2.75) is 19.8 Å². The molecule has 10 heavy (non-hydrogen) atoms. The van der Waals surface area contributed by atoms with Crippen LogP contribution in [0, 0.1) is 0 Å². The van der Waals surface area contributed by atoms with Crippen LogP contribution >= 0.6 is 0 Å². The number of nitrogens with two attached hydrogens (primary N) is 1. The van der Waals surface area contributed by atoms with E-state index in [9.17, 15) is 0 Å². The van der Waals surface area contributed by atoms with Crippen molar-refractivity contribution in [1.82, 2.24) is 0 Å². The van der Waals surface area contributed by atoms with Crippen LogP contribution in [0.2, 0.25) is 0 Å². The summed E-state index contributed by atoms with van der Waals surface area (Å²) in [4.78, 5) is 0. The molecule has 0 saturated carbocycles. The van der Waals surface area contributed by atoms with Crippen molar-refractivity contribution in [1.29, 1.82) is 0 Å². The number of ether oxygens (including phenoxy) is 2. The fourth-order valence-electron chi connectivity index (χ4n) is 0.507. The van der Waals surface area contributed by atoms with E-state index in [1.807, 2.05) is 0 Å². The molecule has 62 valence electrons. The largest absolute Gasteiger partial charge is 0.355 e. The van der Waals surface area contributed by atoms with Crippen molar-refractivity contribution in [2.75, 3.05) is 26.6 Å². The van der Waals surface area contributed by atoms with Gasteiger partial charge in [0.2, 0.25) is 0 Å². The summed E-state index contributed by atoms with van der Waals surface area (Å²) in [6.07, 6.45) is 1.95. The summed E-state index contributed by atoms with van der Waals surface area (Å²) in [6, 6.07) is 0. The second-order valence-electron chi connectivity index (χ2n) is 2.08. The predicted molar refractivity (Wildman–Crippen MR) is 40.7 cm³/mol. The molecule has 0 aliphatic rings. The zero-order valence-corrected chi connectivity index (χ0v) is 6.64. The molecule has 2 N–H and O–H groups in total. The Balaban J connectivity index is 2.65. The van der Waals surface area contributed by atoms with Crippen LogP contribution in [0.25, 0.3) is 0 Å². The van der Waals surface area contributed by atoms with E-state index in [2.05, 4.69) is 6.92 Å². The Kier molecular flexibility index (Phi) is 8.77. The van der Waals surface area contributed by atoms with Gasteiger partial charge in [0.05, 0.1) is 6.61 Å². The Hall–Kier alpha value is -0.120. The summed E-state index contributed by atoms with van der Waals surface area (Å²) < 4.78 is 10.1. The molecule has 0 amide bonds. The van der Waals surface area contributed by atoms with Gasteiger partial charge in [-0.25, -0.2) is 0 Å². The van der Waals surface area contributed by atoms with Crippen LogP contribution in [0.4, 0.5) is 0 Å². The van der Waals surface area contributed by atoms with E-state index in [1.54, 1.807) is 0 Å². The SMILES string of the molecule is CCCOCOCCCN. The molecular formula is C7H17NO2. The average Bonchev–Trinajstić information content (AvgIpc) is 1.97. The van der Waals surface area contributed by atoms with E-state index in [4.69, 9.17) is 15.2 Å². The molecule has 0 fully saturated rings. The fourth-order valence-corrected chi connectivity index (χ4v) is 0.507. The normalized spacial score (nSPS) is 10.2. The maximum atomic E-state index is 5.25. The van der Waals surface area contributed by atoms with Gasteiger partial charge in [-0.2, -0.15) is 0 Å². The highest BCUT2D eigenvalue weighted by Crippen LogP contribution is 1.83. The molecule has 0 rings (SSSR count). The van der Waals surface area contributed by atoms with Crippen LogP contribution in [-0.2, 0) is 9.47 Å². The van der Waals surface area contributed by atoms with Gasteiger partial charge >= 0.3 is 0 Å². The van der Waals surface area contributed by atoms with E-state index in [1.165, 1.54) is 0 Å². The Labute approximate surface area is 62.5 Å². The lowest BCUT2D eigenvalue weighted by molar-refractivity contribution is -0.0535. The van der Waals surface area contributed by atoms with Crippen LogP contribution < -0.4 is 5.73 Å². The lowest BCUT2D eigenvalue weighted by atomic mass is 10.5. The molecule has 0 aromatic carbocycles. The molecule has 0 heterocycles. The van der Waals surface area contributed by atoms with Gasteiger partial charge in [-0.15, -0.1) is 0 Å². The molecule has 0 aromatic heterocycles. The van der Waals surface area contributed by atoms with Crippen LogP contribution in [0.5, 0.6) is 0 Å². The number of hydrogen-bond acceptors (Lipinski definition) is 3. The maximum absolute atomic E-state index is 5.25. The second kappa shape index (κ2) is 8.88. The van der Waals surface area contributed by atoms with Crippen molar-refractivity contribution >= 4 is 0 Å². The van der Waals surface area contributed by atoms with Crippen LogP contribution in [-0.4, -0.2) is 26.6 Å². The lowest BCUT2D eigenvalue weighted by Crippen LogP contribution is -2.07. The van der Waals surface area contributed by atoms with E-state index < -0.39 is 0 Å². The maximum Gasteiger partial charge on any atom is 0.146 e.